The minimum absolute atomic E-state index is 0. The number of ether oxygens (including phenoxy) is 2. The van der Waals surface area contributed by atoms with Crippen LogP contribution in [0.3, 0.4) is 0 Å². The Labute approximate surface area is 156 Å². The molecule has 0 aromatic heterocycles. The number of benzene rings is 2. The SMILES string of the molecule is CCOc1ccc(CN2CCNCC2c2ccccc2OC)cc1.Cl. The van der Waals surface area contributed by atoms with Crippen molar-refractivity contribution < 1.29 is 9.47 Å². The highest BCUT2D eigenvalue weighted by atomic mass is 35.5. The number of piperazine rings is 1. The highest BCUT2D eigenvalue weighted by Gasteiger charge is 2.26. The Bertz CT molecular complexity index is 648. The van der Waals surface area contributed by atoms with Crippen LogP contribution in [-0.2, 0) is 6.54 Å². The molecule has 1 atom stereocenters. The van der Waals surface area contributed by atoms with Crippen LogP contribution in [0.1, 0.15) is 24.1 Å². The van der Waals surface area contributed by atoms with Crippen LogP contribution in [0.25, 0.3) is 0 Å². The molecule has 2 aromatic carbocycles. The second-order valence-electron chi connectivity index (χ2n) is 6.01. The molecule has 3 rings (SSSR count). The molecule has 0 saturated carbocycles. The third kappa shape index (κ3) is 4.88. The molecule has 2 aromatic rings. The first-order valence-corrected chi connectivity index (χ1v) is 8.61. The van der Waals surface area contributed by atoms with Crippen molar-refractivity contribution in [1.29, 1.82) is 0 Å². The lowest BCUT2D eigenvalue weighted by Gasteiger charge is -2.37. The topological polar surface area (TPSA) is 33.7 Å². The van der Waals surface area contributed by atoms with E-state index in [0.29, 0.717) is 12.6 Å². The molecule has 1 saturated heterocycles. The molecule has 25 heavy (non-hydrogen) atoms. The molecule has 1 fully saturated rings. The molecule has 0 aliphatic carbocycles. The zero-order valence-electron chi connectivity index (χ0n) is 14.9. The van der Waals surface area contributed by atoms with E-state index in [-0.39, 0.29) is 12.4 Å². The molecule has 1 aliphatic heterocycles. The predicted molar refractivity (Wildman–Crippen MR) is 104 cm³/mol. The van der Waals surface area contributed by atoms with E-state index in [0.717, 1.165) is 37.7 Å². The van der Waals surface area contributed by atoms with Gasteiger partial charge in [0.15, 0.2) is 0 Å². The van der Waals surface area contributed by atoms with Crippen molar-refractivity contribution in [3.05, 3.63) is 59.7 Å². The quantitative estimate of drug-likeness (QED) is 0.850. The molecule has 5 heteroatoms. The molecule has 0 radical (unpaired) electrons. The summed E-state index contributed by atoms with van der Waals surface area (Å²) in [7, 11) is 1.74. The Morgan fingerprint density at radius 1 is 1.12 bits per heavy atom. The van der Waals surface area contributed by atoms with Gasteiger partial charge in [-0.1, -0.05) is 30.3 Å². The number of nitrogens with zero attached hydrogens (tertiary/aromatic N) is 1. The summed E-state index contributed by atoms with van der Waals surface area (Å²) in [4.78, 5) is 2.52. The highest BCUT2D eigenvalue weighted by Crippen LogP contribution is 2.31. The lowest BCUT2D eigenvalue weighted by atomic mass is 10.0. The van der Waals surface area contributed by atoms with Crippen LogP contribution in [0.5, 0.6) is 11.5 Å². The summed E-state index contributed by atoms with van der Waals surface area (Å²) in [6, 6.07) is 17.1. The first-order valence-electron chi connectivity index (χ1n) is 8.61. The van der Waals surface area contributed by atoms with Gasteiger partial charge in [0.1, 0.15) is 11.5 Å². The molecule has 4 nitrogen and oxygen atoms in total. The zero-order chi connectivity index (χ0) is 16.8. The molecule has 136 valence electrons. The van der Waals surface area contributed by atoms with Gasteiger partial charge in [0.25, 0.3) is 0 Å². The van der Waals surface area contributed by atoms with E-state index in [2.05, 4.69) is 46.6 Å². The van der Waals surface area contributed by atoms with Crippen LogP contribution in [0.2, 0.25) is 0 Å². The summed E-state index contributed by atoms with van der Waals surface area (Å²) in [5, 5.41) is 3.51. The average molecular weight is 363 g/mol. The number of rotatable bonds is 6. The van der Waals surface area contributed by atoms with Crippen molar-refractivity contribution in [3.8, 4) is 11.5 Å². The first-order chi connectivity index (χ1) is 11.8. The number of para-hydroxylation sites is 1. The third-order valence-corrected chi connectivity index (χ3v) is 4.47. The molecular weight excluding hydrogens is 336 g/mol. The van der Waals surface area contributed by atoms with Gasteiger partial charge in [-0.2, -0.15) is 0 Å². The zero-order valence-corrected chi connectivity index (χ0v) is 15.7. The van der Waals surface area contributed by atoms with Crippen LogP contribution in [0.4, 0.5) is 0 Å². The summed E-state index contributed by atoms with van der Waals surface area (Å²) in [5.74, 6) is 1.89. The lowest BCUT2D eigenvalue weighted by Crippen LogP contribution is -2.45. The minimum Gasteiger partial charge on any atom is -0.496 e. The van der Waals surface area contributed by atoms with Gasteiger partial charge in [0, 0.05) is 31.7 Å². The molecule has 0 bridgehead atoms. The maximum Gasteiger partial charge on any atom is 0.123 e. The van der Waals surface area contributed by atoms with Gasteiger partial charge in [0.2, 0.25) is 0 Å². The summed E-state index contributed by atoms with van der Waals surface area (Å²) in [6.07, 6.45) is 0. The number of hydrogen-bond acceptors (Lipinski definition) is 4. The van der Waals surface area contributed by atoms with E-state index in [1.165, 1.54) is 11.1 Å². The van der Waals surface area contributed by atoms with E-state index in [1.807, 2.05) is 19.1 Å². The largest absolute Gasteiger partial charge is 0.496 e. The fraction of sp³-hybridized carbons (Fsp3) is 0.400. The molecular formula is C20H27ClN2O2. The molecule has 1 heterocycles. The molecule has 1 unspecified atom stereocenters. The van der Waals surface area contributed by atoms with E-state index in [9.17, 15) is 0 Å². The molecule has 1 aliphatic rings. The van der Waals surface area contributed by atoms with Gasteiger partial charge >= 0.3 is 0 Å². The minimum atomic E-state index is 0. The van der Waals surface area contributed by atoms with Gasteiger partial charge in [0.05, 0.1) is 19.8 Å². The van der Waals surface area contributed by atoms with Crippen molar-refractivity contribution in [2.45, 2.75) is 19.5 Å². The van der Waals surface area contributed by atoms with Crippen molar-refractivity contribution >= 4 is 12.4 Å². The maximum absolute atomic E-state index is 5.57. The van der Waals surface area contributed by atoms with Crippen LogP contribution < -0.4 is 14.8 Å². The number of nitrogens with one attached hydrogen (secondary N) is 1. The maximum atomic E-state index is 5.57. The summed E-state index contributed by atoms with van der Waals surface area (Å²) < 4.78 is 11.1. The van der Waals surface area contributed by atoms with E-state index < -0.39 is 0 Å². The first kappa shape index (κ1) is 19.6. The predicted octanol–water partition coefficient (Wildman–Crippen LogP) is 3.66. The monoisotopic (exact) mass is 362 g/mol. The number of hydrogen-bond donors (Lipinski definition) is 1. The third-order valence-electron chi connectivity index (χ3n) is 4.47. The van der Waals surface area contributed by atoms with Crippen molar-refractivity contribution in [2.24, 2.45) is 0 Å². The fourth-order valence-corrected chi connectivity index (χ4v) is 3.28. The Balaban J connectivity index is 0.00000225. The normalized spacial score (nSPS) is 17.6. The van der Waals surface area contributed by atoms with Crippen LogP contribution in [0, 0.1) is 0 Å². The van der Waals surface area contributed by atoms with Crippen molar-refractivity contribution in [1.82, 2.24) is 10.2 Å². The van der Waals surface area contributed by atoms with Crippen LogP contribution in [0.15, 0.2) is 48.5 Å². The highest BCUT2D eigenvalue weighted by molar-refractivity contribution is 5.85. The fourth-order valence-electron chi connectivity index (χ4n) is 3.28. The van der Waals surface area contributed by atoms with Gasteiger partial charge in [-0.15, -0.1) is 12.4 Å². The van der Waals surface area contributed by atoms with Crippen LogP contribution in [-0.4, -0.2) is 38.3 Å². The van der Waals surface area contributed by atoms with Gasteiger partial charge < -0.3 is 14.8 Å². The second kappa shape index (κ2) is 9.66. The summed E-state index contributed by atoms with van der Waals surface area (Å²) >= 11 is 0. The number of methoxy groups -OCH3 is 1. The Morgan fingerprint density at radius 3 is 2.60 bits per heavy atom. The van der Waals surface area contributed by atoms with E-state index in [4.69, 9.17) is 9.47 Å². The second-order valence-corrected chi connectivity index (χ2v) is 6.01. The van der Waals surface area contributed by atoms with Crippen LogP contribution >= 0.6 is 12.4 Å². The molecule has 1 N–H and O–H groups in total. The van der Waals surface area contributed by atoms with E-state index in [1.54, 1.807) is 7.11 Å². The standard InChI is InChI=1S/C20H26N2O2.ClH/c1-3-24-17-10-8-16(9-11-17)15-22-13-12-21-14-19(22)18-6-4-5-7-20(18)23-2;/h4-11,19,21H,3,12-15H2,1-2H3;1H. The number of halogens is 1. The Kier molecular flexibility index (Phi) is 7.56. The molecule has 0 spiro atoms. The van der Waals surface area contributed by atoms with E-state index >= 15 is 0 Å². The van der Waals surface area contributed by atoms with Gasteiger partial charge in [-0.25, -0.2) is 0 Å². The molecule has 0 amide bonds. The van der Waals surface area contributed by atoms with Crippen molar-refractivity contribution in [2.75, 3.05) is 33.4 Å². The Morgan fingerprint density at radius 2 is 1.88 bits per heavy atom. The smallest absolute Gasteiger partial charge is 0.123 e. The average Bonchev–Trinajstić information content (AvgIpc) is 2.64. The van der Waals surface area contributed by atoms with Gasteiger partial charge in [-0.05, 0) is 30.7 Å². The Hall–Kier alpha value is -1.75. The summed E-state index contributed by atoms with van der Waals surface area (Å²) in [6.45, 7) is 6.62. The van der Waals surface area contributed by atoms with Crippen molar-refractivity contribution in [3.63, 3.8) is 0 Å². The lowest BCUT2D eigenvalue weighted by molar-refractivity contribution is 0.151. The summed E-state index contributed by atoms with van der Waals surface area (Å²) in [5.41, 5.74) is 2.55. The van der Waals surface area contributed by atoms with Gasteiger partial charge in [-0.3, -0.25) is 4.90 Å².